The highest BCUT2D eigenvalue weighted by Crippen LogP contribution is 2.39. The summed E-state index contributed by atoms with van der Waals surface area (Å²) >= 11 is 0. The van der Waals surface area contributed by atoms with E-state index in [9.17, 15) is 4.79 Å². The second-order valence-corrected chi connectivity index (χ2v) is 9.40. The average Bonchev–Trinajstić information content (AvgIpc) is 3.55. The van der Waals surface area contributed by atoms with Crippen molar-refractivity contribution in [2.75, 3.05) is 25.1 Å². The SMILES string of the molecule is CCOc1cc(C(=O)Nc2cc(C)nn2-c2ncnc3c2cnn3-c2ccc(C)c(C)c2)cc(OCC)c1OCC. The van der Waals surface area contributed by atoms with Crippen LogP contribution in [0.4, 0.5) is 5.82 Å². The lowest BCUT2D eigenvalue weighted by molar-refractivity contribution is 0.102. The van der Waals surface area contributed by atoms with E-state index >= 15 is 0 Å². The number of rotatable bonds is 10. The number of fused-ring (bicyclic) bond motifs is 1. The van der Waals surface area contributed by atoms with Gasteiger partial charge in [0, 0.05) is 11.6 Å². The number of aryl methyl sites for hydroxylation is 3. The third kappa shape index (κ3) is 5.43. The third-order valence-corrected chi connectivity index (χ3v) is 6.52. The van der Waals surface area contributed by atoms with Crippen LogP contribution in [-0.2, 0) is 0 Å². The number of nitrogens with one attached hydrogen (secondary N) is 1. The number of anilines is 1. The molecule has 0 aliphatic heterocycles. The third-order valence-electron chi connectivity index (χ3n) is 6.52. The molecule has 0 aliphatic carbocycles. The van der Waals surface area contributed by atoms with Crippen molar-refractivity contribution in [3.8, 4) is 28.8 Å². The van der Waals surface area contributed by atoms with Crippen molar-refractivity contribution >= 4 is 22.8 Å². The molecule has 2 aromatic carbocycles. The van der Waals surface area contributed by atoms with Crippen LogP contribution in [0, 0.1) is 20.8 Å². The van der Waals surface area contributed by atoms with E-state index < -0.39 is 0 Å². The van der Waals surface area contributed by atoms with Gasteiger partial charge in [0.25, 0.3) is 5.91 Å². The Morgan fingerprint density at radius 1 is 0.854 bits per heavy atom. The van der Waals surface area contributed by atoms with Gasteiger partial charge in [-0.25, -0.2) is 14.6 Å². The van der Waals surface area contributed by atoms with Gasteiger partial charge in [0.2, 0.25) is 5.75 Å². The maximum atomic E-state index is 13.5. The first-order chi connectivity index (χ1) is 19.8. The summed E-state index contributed by atoms with van der Waals surface area (Å²) in [5.74, 6) is 1.91. The fraction of sp³-hybridized carbons (Fsp3) is 0.300. The van der Waals surface area contributed by atoms with Crippen LogP contribution in [0.25, 0.3) is 22.5 Å². The standard InChI is InChI=1S/C30H33N7O4/c1-7-39-24-14-21(15-25(40-8-2)27(24)41-9-3)30(38)34-26-13-20(6)35-37(26)29-23-16-33-36(28(23)31-17-32-29)22-11-10-18(4)19(5)12-22/h10-17H,7-9H2,1-6H3,(H,34,38). The number of hydrogen-bond donors (Lipinski definition) is 1. The number of amides is 1. The molecule has 0 aliphatic rings. The predicted octanol–water partition coefficient (Wildman–Crippen LogP) is 5.37. The topological polar surface area (TPSA) is 118 Å². The van der Waals surface area contributed by atoms with Crippen molar-refractivity contribution in [3.63, 3.8) is 0 Å². The Morgan fingerprint density at radius 2 is 1.56 bits per heavy atom. The van der Waals surface area contributed by atoms with Crippen LogP contribution in [0.1, 0.15) is 48.0 Å². The Bertz CT molecular complexity index is 1700. The van der Waals surface area contributed by atoms with Crippen molar-refractivity contribution < 1.29 is 19.0 Å². The maximum Gasteiger partial charge on any atom is 0.257 e. The lowest BCUT2D eigenvalue weighted by Gasteiger charge is -2.17. The normalized spacial score (nSPS) is 11.1. The predicted molar refractivity (Wildman–Crippen MR) is 156 cm³/mol. The summed E-state index contributed by atoms with van der Waals surface area (Å²) in [6.07, 6.45) is 3.17. The summed E-state index contributed by atoms with van der Waals surface area (Å²) in [5.41, 5.74) is 4.91. The molecule has 0 saturated carbocycles. The van der Waals surface area contributed by atoms with Crippen molar-refractivity contribution in [1.82, 2.24) is 29.5 Å². The number of ether oxygens (including phenoxy) is 3. The molecule has 41 heavy (non-hydrogen) atoms. The Kier molecular flexibility index (Phi) is 7.86. The molecule has 0 atom stereocenters. The quantitative estimate of drug-likeness (QED) is 0.244. The van der Waals surface area contributed by atoms with Gasteiger partial charge in [-0.2, -0.15) is 14.9 Å². The van der Waals surface area contributed by atoms with Crippen molar-refractivity contribution in [1.29, 1.82) is 0 Å². The summed E-state index contributed by atoms with van der Waals surface area (Å²) in [6.45, 7) is 12.8. The molecule has 0 saturated heterocycles. The zero-order valence-corrected chi connectivity index (χ0v) is 24.1. The molecule has 0 radical (unpaired) electrons. The molecule has 212 valence electrons. The van der Waals surface area contributed by atoms with Gasteiger partial charge < -0.3 is 19.5 Å². The molecule has 5 aromatic rings. The number of benzene rings is 2. The molecule has 11 heteroatoms. The van der Waals surface area contributed by atoms with Gasteiger partial charge in [0.1, 0.15) is 12.1 Å². The fourth-order valence-electron chi connectivity index (χ4n) is 4.51. The van der Waals surface area contributed by atoms with E-state index in [1.807, 2.05) is 33.8 Å². The van der Waals surface area contributed by atoms with Gasteiger partial charge in [0.05, 0.1) is 42.8 Å². The lowest BCUT2D eigenvalue weighted by atomic mass is 10.1. The van der Waals surface area contributed by atoms with Crippen molar-refractivity contribution in [2.45, 2.75) is 41.5 Å². The molecular formula is C30H33N7O4. The summed E-state index contributed by atoms with van der Waals surface area (Å²) in [5, 5.41) is 12.9. The fourth-order valence-corrected chi connectivity index (χ4v) is 4.51. The van der Waals surface area contributed by atoms with E-state index in [1.54, 1.807) is 33.8 Å². The molecule has 1 N–H and O–H groups in total. The molecule has 1 amide bonds. The number of hydrogen-bond acceptors (Lipinski definition) is 8. The molecule has 0 unspecified atom stereocenters. The van der Waals surface area contributed by atoms with E-state index in [0.717, 1.165) is 11.3 Å². The molecule has 11 nitrogen and oxygen atoms in total. The molecule has 5 rings (SSSR count). The first-order valence-corrected chi connectivity index (χ1v) is 13.6. The van der Waals surface area contributed by atoms with Gasteiger partial charge in [-0.3, -0.25) is 4.79 Å². The second-order valence-electron chi connectivity index (χ2n) is 9.40. The van der Waals surface area contributed by atoms with Gasteiger partial charge in [-0.15, -0.1) is 0 Å². The second kappa shape index (κ2) is 11.7. The van der Waals surface area contributed by atoms with Crippen LogP contribution in [0.2, 0.25) is 0 Å². The van der Waals surface area contributed by atoms with E-state index in [1.165, 1.54) is 11.9 Å². The molecule has 3 aromatic heterocycles. The molecule has 0 fully saturated rings. The summed E-state index contributed by atoms with van der Waals surface area (Å²) < 4.78 is 20.7. The van der Waals surface area contributed by atoms with Crippen LogP contribution in [0.5, 0.6) is 17.2 Å². The lowest BCUT2D eigenvalue weighted by Crippen LogP contribution is -2.16. The van der Waals surface area contributed by atoms with E-state index in [-0.39, 0.29) is 5.91 Å². The van der Waals surface area contributed by atoms with E-state index in [0.29, 0.717) is 71.0 Å². The maximum absolute atomic E-state index is 13.5. The highest BCUT2D eigenvalue weighted by atomic mass is 16.5. The van der Waals surface area contributed by atoms with Crippen LogP contribution < -0.4 is 19.5 Å². The number of aromatic nitrogens is 6. The minimum Gasteiger partial charge on any atom is -0.490 e. The Hall–Kier alpha value is -4.93. The number of carbonyl (C=O) groups is 1. The van der Waals surface area contributed by atoms with Crippen LogP contribution in [0.15, 0.2) is 48.9 Å². The van der Waals surface area contributed by atoms with Gasteiger partial charge in [-0.1, -0.05) is 6.07 Å². The molecule has 0 bridgehead atoms. The number of nitrogens with zero attached hydrogens (tertiary/aromatic N) is 6. The first-order valence-electron chi connectivity index (χ1n) is 13.6. The minimum absolute atomic E-state index is 0.348. The largest absolute Gasteiger partial charge is 0.490 e. The van der Waals surface area contributed by atoms with Crippen LogP contribution in [0.3, 0.4) is 0 Å². The molecule has 3 heterocycles. The molecule has 0 spiro atoms. The summed E-state index contributed by atoms with van der Waals surface area (Å²) in [6, 6.07) is 11.2. The zero-order chi connectivity index (χ0) is 29.1. The van der Waals surface area contributed by atoms with Crippen LogP contribution in [-0.4, -0.2) is 55.3 Å². The number of carbonyl (C=O) groups excluding carboxylic acids is 1. The van der Waals surface area contributed by atoms with E-state index in [4.69, 9.17) is 14.2 Å². The molecular weight excluding hydrogens is 522 g/mol. The highest BCUT2D eigenvalue weighted by Gasteiger charge is 2.21. The van der Waals surface area contributed by atoms with Gasteiger partial charge >= 0.3 is 0 Å². The highest BCUT2D eigenvalue weighted by molar-refractivity contribution is 6.05. The van der Waals surface area contributed by atoms with Crippen molar-refractivity contribution in [3.05, 3.63) is 71.3 Å². The van der Waals surface area contributed by atoms with Gasteiger partial charge in [-0.05, 0) is 76.9 Å². The van der Waals surface area contributed by atoms with Gasteiger partial charge in [0.15, 0.2) is 23.0 Å². The monoisotopic (exact) mass is 555 g/mol. The summed E-state index contributed by atoms with van der Waals surface area (Å²) in [7, 11) is 0. The van der Waals surface area contributed by atoms with E-state index in [2.05, 4.69) is 51.5 Å². The minimum atomic E-state index is -0.368. The summed E-state index contributed by atoms with van der Waals surface area (Å²) in [4.78, 5) is 22.6. The Labute approximate surface area is 238 Å². The smallest absolute Gasteiger partial charge is 0.257 e. The average molecular weight is 556 g/mol. The zero-order valence-electron chi connectivity index (χ0n) is 24.1. The first kappa shape index (κ1) is 27.6. The van der Waals surface area contributed by atoms with Crippen LogP contribution >= 0.6 is 0 Å². The Balaban J connectivity index is 1.53. The van der Waals surface area contributed by atoms with Crippen molar-refractivity contribution in [2.24, 2.45) is 0 Å². The Morgan fingerprint density at radius 3 is 2.22 bits per heavy atom.